The number of amides is 1. The lowest BCUT2D eigenvalue weighted by Crippen LogP contribution is -2.44. The summed E-state index contributed by atoms with van der Waals surface area (Å²) in [6, 6.07) is 2.41. The Hall–Kier alpha value is -0.750. The number of hydrogen-bond donors (Lipinski definition) is 0. The SMILES string of the molecule is CC(Cl)C(=O)N(CCC#N)C1CCCCCCC1. The van der Waals surface area contributed by atoms with Gasteiger partial charge >= 0.3 is 0 Å². The van der Waals surface area contributed by atoms with E-state index in [4.69, 9.17) is 16.9 Å². The van der Waals surface area contributed by atoms with Crippen molar-refractivity contribution in [3.63, 3.8) is 0 Å². The Morgan fingerprint density at radius 2 is 1.89 bits per heavy atom. The van der Waals surface area contributed by atoms with Gasteiger partial charge in [-0.3, -0.25) is 4.79 Å². The van der Waals surface area contributed by atoms with E-state index in [1.54, 1.807) is 6.92 Å². The number of alkyl halides is 1. The molecule has 0 aromatic heterocycles. The first-order valence-corrected chi connectivity index (χ1v) is 7.42. The van der Waals surface area contributed by atoms with Crippen LogP contribution in [0.2, 0.25) is 0 Å². The molecular weight excluding hydrogens is 248 g/mol. The zero-order valence-corrected chi connectivity index (χ0v) is 12.0. The second-order valence-electron chi connectivity index (χ2n) is 5.05. The van der Waals surface area contributed by atoms with Crippen molar-refractivity contribution in [1.29, 1.82) is 5.26 Å². The Morgan fingerprint density at radius 3 is 2.39 bits per heavy atom. The summed E-state index contributed by atoms with van der Waals surface area (Å²) in [7, 11) is 0. The average molecular weight is 271 g/mol. The topological polar surface area (TPSA) is 44.1 Å². The molecule has 0 N–H and O–H groups in total. The predicted molar refractivity (Wildman–Crippen MR) is 73.4 cm³/mol. The number of nitrogens with zero attached hydrogens (tertiary/aromatic N) is 2. The van der Waals surface area contributed by atoms with E-state index in [0.717, 1.165) is 12.8 Å². The van der Waals surface area contributed by atoms with Gasteiger partial charge in [0.05, 0.1) is 12.5 Å². The molecule has 0 radical (unpaired) electrons. The van der Waals surface area contributed by atoms with Crippen LogP contribution in [0.15, 0.2) is 0 Å². The Bertz CT molecular complexity index is 291. The van der Waals surface area contributed by atoms with Gasteiger partial charge in [-0.25, -0.2) is 0 Å². The van der Waals surface area contributed by atoms with Crippen LogP contribution >= 0.6 is 11.6 Å². The number of rotatable bonds is 4. The number of carbonyl (C=O) groups excluding carboxylic acids is 1. The molecule has 1 atom stereocenters. The van der Waals surface area contributed by atoms with Crippen molar-refractivity contribution in [3.05, 3.63) is 0 Å². The van der Waals surface area contributed by atoms with E-state index in [0.29, 0.717) is 13.0 Å². The van der Waals surface area contributed by atoms with E-state index < -0.39 is 5.38 Å². The van der Waals surface area contributed by atoms with E-state index in [-0.39, 0.29) is 11.9 Å². The lowest BCUT2D eigenvalue weighted by molar-refractivity contribution is -0.133. The number of carbonyl (C=O) groups is 1. The summed E-state index contributed by atoms with van der Waals surface area (Å²) in [6.45, 7) is 2.24. The Morgan fingerprint density at radius 1 is 1.33 bits per heavy atom. The fourth-order valence-electron chi connectivity index (χ4n) is 2.62. The highest BCUT2D eigenvalue weighted by molar-refractivity contribution is 6.30. The maximum Gasteiger partial charge on any atom is 0.240 e. The quantitative estimate of drug-likeness (QED) is 0.734. The van der Waals surface area contributed by atoms with Gasteiger partial charge in [0.2, 0.25) is 5.91 Å². The number of nitriles is 1. The van der Waals surface area contributed by atoms with E-state index in [2.05, 4.69) is 6.07 Å². The average Bonchev–Trinajstić information content (AvgIpc) is 2.30. The summed E-state index contributed by atoms with van der Waals surface area (Å²) in [6.07, 6.45) is 8.69. The summed E-state index contributed by atoms with van der Waals surface area (Å²) < 4.78 is 0. The van der Waals surface area contributed by atoms with Crippen LogP contribution in [0.1, 0.15) is 58.3 Å². The van der Waals surface area contributed by atoms with Crippen molar-refractivity contribution in [2.45, 2.75) is 69.7 Å². The molecule has 0 spiro atoms. The van der Waals surface area contributed by atoms with Crippen LogP contribution in [0.4, 0.5) is 0 Å². The van der Waals surface area contributed by atoms with Crippen LogP contribution < -0.4 is 0 Å². The molecule has 3 nitrogen and oxygen atoms in total. The maximum absolute atomic E-state index is 12.1. The van der Waals surface area contributed by atoms with Gasteiger partial charge in [-0.2, -0.15) is 5.26 Å². The lowest BCUT2D eigenvalue weighted by atomic mass is 9.95. The lowest BCUT2D eigenvalue weighted by Gasteiger charge is -2.33. The summed E-state index contributed by atoms with van der Waals surface area (Å²) >= 11 is 5.92. The van der Waals surface area contributed by atoms with Crippen molar-refractivity contribution >= 4 is 17.5 Å². The summed E-state index contributed by atoms with van der Waals surface area (Å²) in [5.74, 6) is -0.0162. The first kappa shape index (κ1) is 15.3. The van der Waals surface area contributed by atoms with Gasteiger partial charge in [0, 0.05) is 12.6 Å². The third-order valence-electron chi connectivity index (χ3n) is 3.60. The molecule has 1 fully saturated rings. The van der Waals surface area contributed by atoms with Crippen LogP contribution in [0.5, 0.6) is 0 Å². The van der Waals surface area contributed by atoms with Gasteiger partial charge in [-0.1, -0.05) is 32.1 Å². The van der Waals surface area contributed by atoms with Gasteiger partial charge in [-0.15, -0.1) is 11.6 Å². The molecule has 1 aliphatic rings. The smallest absolute Gasteiger partial charge is 0.240 e. The van der Waals surface area contributed by atoms with Crippen molar-refractivity contribution in [3.8, 4) is 6.07 Å². The van der Waals surface area contributed by atoms with Gasteiger partial charge in [0.15, 0.2) is 0 Å². The van der Waals surface area contributed by atoms with Crippen LogP contribution in [-0.2, 0) is 4.79 Å². The largest absolute Gasteiger partial charge is 0.337 e. The molecule has 0 aliphatic heterocycles. The first-order chi connectivity index (χ1) is 8.66. The van der Waals surface area contributed by atoms with Gasteiger partial charge in [0.25, 0.3) is 0 Å². The molecule has 0 bridgehead atoms. The summed E-state index contributed by atoms with van der Waals surface area (Å²) in [5.41, 5.74) is 0. The molecule has 0 heterocycles. The molecule has 102 valence electrons. The summed E-state index contributed by atoms with van der Waals surface area (Å²) in [4.78, 5) is 14.0. The molecular formula is C14H23ClN2O. The fourth-order valence-corrected chi connectivity index (χ4v) is 2.74. The highest BCUT2D eigenvalue weighted by Gasteiger charge is 2.26. The van der Waals surface area contributed by atoms with Crippen LogP contribution in [0.3, 0.4) is 0 Å². The highest BCUT2D eigenvalue weighted by Crippen LogP contribution is 2.22. The Balaban J connectivity index is 2.66. The van der Waals surface area contributed by atoms with Gasteiger partial charge < -0.3 is 4.90 Å². The third kappa shape index (κ3) is 4.86. The Kier molecular flexibility index (Phi) is 7.12. The van der Waals surface area contributed by atoms with E-state index >= 15 is 0 Å². The monoisotopic (exact) mass is 270 g/mol. The van der Waals surface area contributed by atoms with Crippen molar-refractivity contribution in [1.82, 2.24) is 4.90 Å². The molecule has 1 amide bonds. The van der Waals surface area contributed by atoms with Crippen molar-refractivity contribution < 1.29 is 4.79 Å². The Labute approximate surface area is 115 Å². The van der Waals surface area contributed by atoms with E-state index in [1.165, 1.54) is 32.1 Å². The summed E-state index contributed by atoms with van der Waals surface area (Å²) in [5, 5.41) is 8.22. The van der Waals surface area contributed by atoms with E-state index in [1.807, 2.05) is 4.90 Å². The molecule has 0 aromatic carbocycles. The van der Waals surface area contributed by atoms with Crippen LogP contribution in [0.25, 0.3) is 0 Å². The second-order valence-corrected chi connectivity index (χ2v) is 5.71. The zero-order valence-electron chi connectivity index (χ0n) is 11.2. The molecule has 1 saturated carbocycles. The van der Waals surface area contributed by atoms with E-state index in [9.17, 15) is 4.79 Å². The second kappa shape index (κ2) is 8.37. The normalized spacial score (nSPS) is 19.4. The minimum absolute atomic E-state index is 0.0162. The molecule has 1 rings (SSSR count). The van der Waals surface area contributed by atoms with Crippen LogP contribution in [0, 0.1) is 11.3 Å². The van der Waals surface area contributed by atoms with Crippen molar-refractivity contribution in [2.75, 3.05) is 6.54 Å². The fraction of sp³-hybridized carbons (Fsp3) is 0.857. The molecule has 1 unspecified atom stereocenters. The third-order valence-corrected chi connectivity index (χ3v) is 3.79. The predicted octanol–water partition coefficient (Wildman–Crippen LogP) is 3.47. The van der Waals surface area contributed by atoms with Crippen LogP contribution in [-0.4, -0.2) is 28.8 Å². The molecule has 0 aromatic rings. The molecule has 18 heavy (non-hydrogen) atoms. The van der Waals surface area contributed by atoms with Crippen molar-refractivity contribution in [2.24, 2.45) is 0 Å². The highest BCUT2D eigenvalue weighted by atomic mass is 35.5. The number of halogens is 1. The minimum Gasteiger partial charge on any atom is -0.337 e. The minimum atomic E-state index is -0.492. The zero-order chi connectivity index (χ0) is 13.4. The van der Waals surface area contributed by atoms with Gasteiger partial charge in [-0.05, 0) is 19.8 Å². The number of hydrogen-bond acceptors (Lipinski definition) is 2. The first-order valence-electron chi connectivity index (χ1n) is 6.98. The molecule has 1 aliphatic carbocycles. The standard InChI is InChI=1S/C14H23ClN2O/c1-12(15)14(18)17(11-7-10-16)13-8-5-3-2-4-6-9-13/h12-13H,2-9,11H2,1H3. The molecule has 0 saturated heterocycles. The molecule has 4 heteroatoms. The maximum atomic E-state index is 12.1. The van der Waals surface area contributed by atoms with Gasteiger partial charge in [0.1, 0.15) is 5.38 Å².